The third-order valence-electron chi connectivity index (χ3n) is 2.45. The average Bonchev–Trinajstić information content (AvgIpc) is 2.35. The molecule has 0 aliphatic carbocycles. The number of rotatable bonds is 3. The van der Waals surface area contributed by atoms with Crippen LogP contribution in [0.25, 0.3) is 0 Å². The highest BCUT2D eigenvalue weighted by atomic mass is 79.9. The van der Waals surface area contributed by atoms with Gasteiger partial charge in [-0.1, -0.05) is 28.1 Å². The van der Waals surface area contributed by atoms with Crippen molar-refractivity contribution >= 4 is 21.7 Å². The number of alkyl halides is 3. The van der Waals surface area contributed by atoms with E-state index >= 15 is 0 Å². The quantitative estimate of drug-likeness (QED) is 0.583. The van der Waals surface area contributed by atoms with Gasteiger partial charge in [-0.05, 0) is 30.3 Å². The van der Waals surface area contributed by atoms with E-state index in [2.05, 4.69) is 20.7 Å². The van der Waals surface area contributed by atoms with E-state index in [-0.39, 0.29) is 11.1 Å². The minimum atomic E-state index is -4.84. The van der Waals surface area contributed by atoms with E-state index in [1.807, 2.05) is 0 Å². The zero-order valence-electron chi connectivity index (χ0n) is 10.2. The highest BCUT2D eigenvalue weighted by molar-refractivity contribution is 9.10. The summed E-state index contributed by atoms with van der Waals surface area (Å²) in [6.45, 7) is 0. The zero-order chi connectivity index (χ0) is 15.6. The van der Waals surface area contributed by atoms with Crippen LogP contribution in [0.2, 0.25) is 0 Å². The van der Waals surface area contributed by atoms with E-state index in [1.54, 1.807) is 0 Å². The number of ether oxygens (including phenoxy) is 1. The molecule has 0 spiro atoms. The third kappa shape index (κ3) is 4.29. The maximum Gasteiger partial charge on any atom is 0.573 e. The fourth-order valence-corrected chi connectivity index (χ4v) is 2.15. The maximum absolute atomic E-state index is 13.3. The molecule has 0 atom stereocenters. The lowest BCUT2D eigenvalue weighted by atomic mass is 10.0. The van der Waals surface area contributed by atoms with Crippen LogP contribution in [0.4, 0.5) is 17.6 Å². The molecule has 0 heterocycles. The van der Waals surface area contributed by atoms with Gasteiger partial charge in [0, 0.05) is 15.6 Å². The number of carbonyl (C=O) groups excluding carboxylic acids is 1. The van der Waals surface area contributed by atoms with E-state index < -0.39 is 23.7 Å². The molecule has 21 heavy (non-hydrogen) atoms. The molecule has 2 rings (SSSR count). The number of carbonyl (C=O) groups is 1. The zero-order valence-corrected chi connectivity index (χ0v) is 11.8. The molecular weight excluding hydrogens is 356 g/mol. The van der Waals surface area contributed by atoms with Gasteiger partial charge >= 0.3 is 6.36 Å². The lowest BCUT2D eigenvalue weighted by Crippen LogP contribution is -2.17. The molecule has 2 aromatic carbocycles. The molecule has 0 unspecified atom stereocenters. The Hall–Kier alpha value is -1.89. The number of ketones is 1. The molecule has 0 aliphatic rings. The van der Waals surface area contributed by atoms with E-state index in [9.17, 15) is 22.4 Å². The second kappa shape index (κ2) is 5.85. The Bertz CT molecular complexity index is 663. The number of hydrogen-bond donors (Lipinski definition) is 0. The SMILES string of the molecule is O=C(c1cc(F)cc(Br)c1)c1cccc(OC(F)(F)F)c1. The molecule has 7 heteroatoms. The van der Waals surface area contributed by atoms with Crippen molar-refractivity contribution in [2.45, 2.75) is 6.36 Å². The standard InChI is InChI=1S/C14H7BrF4O2/c15-10-4-9(5-11(16)7-10)13(20)8-2-1-3-12(6-8)21-14(17,18)19/h1-7H. The Morgan fingerprint density at radius 1 is 1.05 bits per heavy atom. The van der Waals surface area contributed by atoms with Gasteiger partial charge in [-0.3, -0.25) is 4.79 Å². The highest BCUT2D eigenvalue weighted by Gasteiger charge is 2.31. The number of hydrogen-bond acceptors (Lipinski definition) is 2. The predicted octanol–water partition coefficient (Wildman–Crippen LogP) is 4.72. The normalized spacial score (nSPS) is 11.3. The van der Waals surface area contributed by atoms with Gasteiger partial charge in [0.25, 0.3) is 0 Å². The van der Waals surface area contributed by atoms with Crippen molar-refractivity contribution in [2.24, 2.45) is 0 Å². The van der Waals surface area contributed by atoms with Crippen molar-refractivity contribution in [3.8, 4) is 5.75 Å². The number of benzene rings is 2. The molecule has 0 N–H and O–H groups in total. The van der Waals surface area contributed by atoms with Crippen LogP contribution in [-0.4, -0.2) is 12.1 Å². The summed E-state index contributed by atoms with van der Waals surface area (Å²) in [6.07, 6.45) is -4.84. The van der Waals surface area contributed by atoms with E-state index in [4.69, 9.17) is 0 Å². The van der Waals surface area contributed by atoms with Crippen LogP contribution in [0.3, 0.4) is 0 Å². The van der Waals surface area contributed by atoms with Crippen LogP contribution in [0.5, 0.6) is 5.75 Å². The molecule has 0 bridgehead atoms. The van der Waals surface area contributed by atoms with Crippen molar-refractivity contribution in [3.05, 3.63) is 63.9 Å². The molecule has 0 radical (unpaired) electrons. The number of halogens is 5. The van der Waals surface area contributed by atoms with E-state index in [0.29, 0.717) is 4.47 Å². The Balaban J connectivity index is 2.33. The molecule has 0 saturated heterocycles. The van der Waals surface area contributed by atoms with Crippen molar-refractivity contribution in [1.82, 2.24) is 0 Å². The first-order valence-electron chi connectivity index (χ1n) is 5.61. The van der Waals surface area contributed by atoms with Gasteiger partial charge < -0.3 is 4.74 Å². The van der Waals surface area contributed by atoms with Crippen molar-refractivity contribution in [2.75, 3.05) is 0 Å². The van der Waals surface area contributed by atoms with Gasteiger partial charge in [0.05, 0.1) is 0 Å². The Kier molecular flexibility index (Phi) is 4.32. The van der Waals surface area contributed by atoms with Gasteiger partial charge in [-0.15, -0.1) is 13.2 Å². The summed E-state index contributed by atoms with van der Waals surface area (Å²) in [5.74, 6) is -1.75. The van der Waals surface area contributed by atoms with Gasteiger partial charge in [-0.2, -0.15) is 0 Å². The minimum absolute atomic E-state index is 0.0195. The molecule has 110 valence electrons. The highest BCUT2D eigenvalue weighted by Crippen LogP contribution is 2.25. The monoisotopic (exact) mass is 362 g/mol. The van der Waals surface area contributed by atoms with Crippen molar-refractivity contribution in [1.29, 1.82) is 0 Å². The molecule has 0 saturated carbocycles. The summed E-state index contributed by atoms with van der Waals surface area (Å²) in [7, 11) is 0. The summed E-state index contributed by atoms with van der Waals surface area (Å²) in [4.78, 5) is 12.1. The summed E-state index contributed by atoms with van der Waals surface area (Å²) >= 11 is 3.04. The van der Waals surface area contributed by atoms with Crippen LogP contribution in [0, 0.1) is 5.82 Å². The summed E-state index contributed by atoms with van der Waals surface area (Å²) < 4.78 is 53.8. The first kappa shape index (κ1) is 15.5. The molecule has 0 aliphatic heterocycles. The van der Waals surface area contributed by atoms with Gasteiger partial charge in [0.1, 0.15) is 11.6 Å². The first-order chi connectivity index (χ1) is 9.74. The molecule has 0 fully saturated rings. The molecular formula is C14H7BrF4O2. The van der Waals surface area contributed by atoms with Crippen molar-refractivity contribution < 1.29 is 27.1 Å². The van der Waals surface area contributed by atoms with E-state index in [0.717, 1.165) is 18.2 Å². The van der Waals surface area contributed by atoms with E-state index in [1.165, 1.54) is 24.3 Å². The van der Waals surface area contributed by atoms with Crippen LogP contribution >= 0.6 is 15.9 Å². The fraction of sp³-hybridized carbons (Fsp3) is 0.0714. The van der Waals surface area contributed by atoms with Crippen LogP contribution in [-0.2, 0) is 0 Å². The molecule has 0 amide bonds. The summed E-state index contributed by atoms with van der Waals surface area (Å²) in [5.41, 5.74) is -0.0136. The second-order valence-corrected chi connectivity index (χ2v) is 4.98. The predicted molar refractivity (Wildman–Crippen MR) is 70.7 cm³/mol. The Morgan fingerprint density at radius 2 is 1.76 bits per heavy atom. The smallest absolute Gasteiger partial charge is 0.406 e. The molecule has 2 nitrogen and oxygen atoms in total. The summed E-state index contributed by atoms with van der Waals surface area (Å²) in [6, 6.07) is 8.15. The van der Waals surface area contributed by atoms with Crippen LogP contribution < -0.4 is 4.74 Å². The van der Waals surface area contributed by atoms with Crippen molar-refractivity contribution in [3.63, 3.8) is 0 Å². The second-order valence-electron chi connectivity index (χ2n) is 4.06. The van der Waals surface area contributed by atoms with Gasteiger partial charge in [0.15, 0.2) is 5.78 Å². The first-order valence-corrected chi connectivity index (χ1v) is 6.40. The molecule has 2 aromatic rings. The summed E-state index contributed by atoms with van der Waals surface area (Å²) in [5, 5.41) is 0. The van der Waals surface area contributed by atoms with Crippen LogP contribution in [0.1, 0.15) is 15.9 Å². The Morgan fingerprint density at radius 3 is 2.38 bits per heavy atom. The lowest BCUT2D eigenvalue weighted by molar-refractivity contribution is -0.274. The lowest BCUT2D eigenvalue weighted by Gasteiger charge is -2.09. The van der Waals surface area contributed by atoms with Crippen LogP contribution in [0.15, 0.2) is 46.9 Å². The molecule has 0 aromatic heterocycles. The minimum Gasteiger partial charge on any atom is -0.406 e. The average molecular weight is 363 g/mol. The maximum atomic E-state index is 13.3. The van der Waals surface area contributed by atoms with Gasteiger partial charge in [0.2, 0.25) is 0 Å². The van der Waals surface area contributed by atoms with Gasteiger partial charge in [-0.25, -0.2) is 4.39 Å². The fourth-order valence-electron chi connectivity index (χ4n) is 1.69. The topological polar surface area (TPSA) is 26.3 Å². The Labute approximate surface area is 125 Å². The largest absolute Gasteiger partial charge is 0.573 e. The third-order valence-corrected chi connectivity index (χ3v) is 2.91.